The Labute approximate surface area is 112 Å². The molecule has 0 saturated carbocycles. The van der Waals surface area contributed by atoms with E-state index in [0.29, 0.717) is 0 Å². The van der Waals surface area contributed by atoms with Gasteiger partial charge in [0.05, 0.1) is 11.0 Å². The van der Waals surface area contributed by atoms with Crippen molar-refractivity contribution in [3.05, 3.63) is 59.4 Å². The molecule has 0 amide bonds. The average molecular weight is 251 g/mol. The summed E-state index contributed by atoms with van der Waals surface area (Å²) in [5, 5.41) is 0. The van der Waals surface area contributed by atoms with Crippen molar-refractivity contribution in [2.24, 2.45) is 0 Å². The number of hydrogen-bond donors (Lipinski definition) is 1. The zero-order valence-electron chi connectivity index (χ0n) is 11.2. The monoisotopic (exact) mass is 251 g/mol. The molecular weight excluding hydrogens is 234 g/mol. The number of fused-ring (bicyclic) bond motifs is 1. The predicted octanol–water partition coefficient (Wildman–Crippen LogP) is 3.28. The number of nitrogen functional groups attached to an aromatic ring is 1. The van der Waals surface area contributed by atoms with Crippen LogP contribution in [0.3, 0.4) is 0 Å². The van der Waals surface area contributed by atoms with E-state index in [0.717, 1.165) is 29.1 Å². The molecule has 0 aliphatic rings. The molecule has 3 heteroatoms. The minimum Gasteiger partial charge on any atom is -0.399 e. The molecule has 3 aromatic rings. The molecule has 0 aliphatic carbocycles. The van der Waals surface area contributed by atoms with Gasteiger partial charge in [-0.25, -0.2) is 4.98 Å². The third kappa shape index (κ3) is 2.08. The minimum absolute atomic E-state index is 0.757. The highest BCUT2D eigenvalue weighted by atomic mass is 15.1. The molecule has 1 heterocycles. The summed E-state index contributed by atoms with van der Waals surface area (Å²) in [6.07, 6.45) is 0. The fraction of sp³-hybridized carbons (Fsp3) is 0.188. The van der Waals surface area contributed by atoms with Crippen LogP contribution in [-0.4, -0.2) is 9.55 Å². The Morgan fingerprint density at radius 2 is 1.89 bits per heavy atom. The highest BCUT2D eigenvalue weighted by Crippen LogP contribution is 2.21. The van der Waals surface area contributed by atoms with E-state index in [2.05, 4.69) is 40.7 Å². The first-order chi connectivity index (χ1) is 9.15. The lowest BCUT2D eigenvalue weighted by Crippen LogP contribution is -2.03. The van der Waals surface area contributed by atoms with Gasteiger partial charge in [-0.15, -0.1) is 0 Å². The van der Waals surface area contributed by atoms with Crippen LogP contribution in [0.4, 0.5) is 5.69 Å². The van der Waals surface area contributed by atoms with Gasteiger partial charge in [0.25, 0.3) is 0 Å². The Balaban J connectivity index is 2.10. The molecule has 0 fully saturated rings. The Morgan fingerprint density at radius 3 is 2.68 bits per heavy atom. The number of imidazole rings is 1. The lowest BCUT2D eigenvalue weighted by atomic mass is 10.1. The quantitative estimate of drug-likeness (QED) is 0.710. The number of benzene rings is 2. The molecule has 0 atom stereocenters. The molecule has 0 bridgehead atoms. The molecule has 2 N–H and O–H groups in total. The maximum Gasteiger partial charge on any atom is 0.107 e. The Hall–Kier alpha value is -2.29. The van der Waals surface area contributed by atoms with Crippen LogP contribution in [0, 0.1) is 13.8 Å². The van der Waals surface area contributed by atoms with Crippen LogP contribution in [0.5, 0.6) is 0 Å². The van der Waals surface area contributed by atoms with Gasteiger partial charge in [0, 0.05) is 12.2 Å². The smallest absolute Gasteiger partial charge is 0.107 e. The van der Waals surface area contributed by atoms with Gasteiger partial charge in [-0.05, 0) is 43.2 Å². The topological polar surface area (TPSA) is 43.8 Å². The van der Waals surface area contributed by atoms with Crippen molar-refractivity contribution >= 4 is 16.7 Å². The highest BCUT2D eigenvalue weighted by molar-refractivity contribution is 5.79. The average Bonchev–Trinajstić information content (AvgIpc) is 2.68. The second-order valence-electron chi connectivity index (χ2n) is 4.92. The summed E-state index contributed by atoms with van der Waals surface area (Å²) in [6.45, 7) is 5.02. The van der Waals surface area contributed by atoms with Gasteiger partial charge in [0.1, 0.15) is 5.82 Å². The van der Waals surface area contributed by atoms with Crippen molar-refractivity contribution in [2.75, 3.05) is 5.73 Å². The molecule has 0 spiro atoms. The highest BCUT2D eigenvalue weighted by Gasteiger charge is 2.08. The number of anilines is 1. The van der Waals surface area contributed by atoms with Crippen LogP contribution >= 0.6 is 0 Å². The lowest BCUT2D eigenvalue weighted by Gasteiger charge is -2.09. The van der Waals surface area contributed by atoms with Gasteiger partial charge < -0.3 is 10.3 Å². The van der Waals surface area contributed by atoms with Crippen molar-refractivity contribution in [3.8, 4) is 0 Å². The molecule has 0 radical (unpaired) electrons. The predicted molar refractivity (Wildman–Crippen MR) is 79.2 cm³/mol. The Kier molecular flexibility index (Phi) is 2.75. The molecule has 3 rings (SSSR count). The van der Waals surface area contributed by atoms with Gasteiger partial charge in [-0.2, -0.15) is 0 Å². The zero-order valence-corrected chi connectivity index (χ0v) is 11.2. The molecular formula is C16H17N3. The van der Waals surface area contributed by atoms with Gasteiger partial charge >= 0.3 is 0 Å². The van der Waals surface area contributed by atoms with Crippen LogP contribution in [-0.2, 0) is 6.54 Å². The fourth-order valence-electron chi connectivity index (χ4n) is 2.42. The van der Waals surface area contributed by atoms with Crippen molar-refractivity contribution in [3.63, 3.8) is 0 Å². The van der Waals surface area contributed by atoms with E-state index in [4.69, 9.17) is 5.73 Å². The molecule has 19 heavy (non-hydrogen) atoms. The third-order valence-corrected chi connectivity index (χ3v) is 3.55. The number of nitrogens with two attached hydrogens (primary N) is 1. The summed E-state index contributed by atoms with van der Waals surface area (Å²) in [5.41, 5.74) is 11.3. The molecule has 0 unspecified atom stereocenters. The third-order valence-electron chi connectivity index (χ3n) is 3.55. The van der Waals surface area contributed by atoms with Crippen LogP contribution in [0.1, 0.15) is 17.0 Å². The Morgan fingerprint density at radius 1 is 1.11 bits per heavy atom. The van der Waals surface area contributed by atoms with Crippen LogP contribution in [0.25, 0.3) is 11.0 Å². The molecule has 0 aliphatic heterocycles. The van der Waals surface area contributed by atoms with E-state index in [1.807, 2.05) is 25.1 Å². The Bertz CT molecular complexity index is 741. The van der Waals surface area contributed by atoms with Crippen molar-refractivity contribution in [1.82, 2.24) is 9.55 Å². The largest absolute Gasteiger partial charge is 0.399 e. The number of aromatic nitrogens is 2. The maximum atomic E-state index is 5.81. The van der Waals surface area contributed by atoms with Gasteiger partial charge in [-0.1, -0.05) is 24.3 Å². The normalized spacial score (nSPS) is 11.1. The standard InChI is InChI=1S/C16H17N3/c1-11-5-3-4-6-13(11)10-19-12(2)18-15-9-14(17)7-8-16(15)19/h3-9H,10,17H2,1-2H3. The number of aryl methyl sites for hydroxylation is 2. The van der Waals surface area contributed by atoms with Crippen molar-refractivity contribution in [2.45, 2.75) is 20.4 Å². The summed E-state index contributed by atoms with van der Waals surface area (Å²) >= 11 is 0. The van der Waals surface area contributed by atoms with Crippen molar-refractivity contribution < 1.29 is 0 Å². The molecule has 3 nitrogen and oxygen atoms in total. The SMILES string of the molecule is Cc1ccccc1Cn1c(C)nc2cc(N)ccc21. The van der Waals surface area contributed by atoms with Crippen molar-refractivity contribution in [1.29, 1.82) is 0 Å². The summed E-state index contributed by atoms with van der Waals surface area (Å²) in [6, 6.07) is 14.4. The van der Waals surface area contributed by atoms with E-state index in [1.165, 1.54) is 11.1 Å². The molecule has 2 aromatic carbocycles. The first-order valence-corrected chi connectivity index (χ1v) is 6.42. The summed E-state index contributed by atoms with van der Waals surface area (Å²) < 4.78 is 2.23. The number of rotatable bonds is 2. The molecule has 96 valence electrons. The molecule has 0 saturated heterocycles. The maximum absolute atomic E-state index is 5.81. The number of nitrogens with zero attached hydrogens (tertiary/aromatic N) is 2. The van der Waals surface area contributed by atoms with E-state index >= 15 is 0 Å². The zero-order chi connectivity index (χ0) is 13.4. The van der Waals surface area contributed by atoms with Crippen LogP contribution in [0.15, 0.2) is 42.5 Å². The molecule has 1 aromatic heterocycles. The second-order valence-corrected chi connectivity index (χ2v) is 4.92. The lowest BCUT2D eigenvalue weighted by molar-refractivity contribution is 0.781. The van der Waals surface area contributed by atoms with E-state index in [-0.39, 0.29) is 0 Å². The van der Waals surface area contributed by atoms with Crippen LogP contribution in [0.2, 0.25) is 0 Å². The first-order valence-electron chi connectivity index (χ1n) is 6.42. The minimum atomic E-state index is 0.757. The first kappa shape index (κ1) is 11.8. The number of hydrogen-bond acceptors (Lipinski definition) is 2. The summed E-state index contributed by atoms with van der Waals surface area (Å²) in [7, 11) is 0. The van der Waals surface area contributed by atoms with Crippen LogP contribution < -0.4 is 5.73 Å². The summed E-state index contributed by atoms with van der Waals surface area (Å²) in [5.74, 6) is 1.02. The fourth-order valence-corrected chi connectivity index (χ4v) is 2.42. The summed E-state index contributed by atoms with van der Waals surface area (Å²) in [4.78, 5) is 4.58. The van der Waals surface area contributed by atoms with Gasteiger partial charge in [0.15, 0.2) is 0 Å². The van der Waals surface area contributed by atoms with Gasteiger partial charge in [0.2, 0.25) is 0 Å². The van der Waals surface area contributed by atoms with E-state index < -0.39 is 0 Å². The van der Waals surface area contributed by atoms with Gasteiger partial charge in [-0.3, -0.25) is 0 Å². The van der Waals surface area contributed by atoms with E-state index in [1.54, 1.807) is 0 Å². The second kappa shape index (κ2) is 4.43. The van der Waals surface area contributed by atoms with E-state index in [9.17, 15) is 0 Å².